The quantitative estimate of drug-likeness (QED) is 0.673. The van der Waals surface area contributed by atoms with Crippen LogP contribution in [0.1, 0.15) is 18.7 Å². The summed E-state index contributed by atoms with van der Waals surface area (Å²) in [6.45, 7) is 4.05. The number of nitrogens with one attached hydrogen (secondary N) is 1. The van der Waals surface area contributed by atoms with Gasteiger partial charge in [0.25, 0.3) is 0 Å². The molecule has 0 aromatic carbocycles. The summed E-state index contributed by atoms with van der Waals surface area (Å²) in [7, 11) is 0. The van der Waals surface area contributed by atoms with Crippen molar-refractivity contribution < 1.29 is 14.7 Å². The predicted molar refractivity (Wildman–Crippen MR) is 83.2 cm³/mol. The molecule has 1 amide bonds. The fourth-order valence-corrected chi connectivity index (χ4v) is 3.06. The summed E-state index contributed by atoms with van der Waals surface area (Å²) in [4.78, 5) is 23.8. The largest absolute Gasteiger partial charge is 0.480 e. The van der Waals surface area contributed by atoms with E-state index in [0.29, 0.717) is 6.54 Å². The van der Waals surface area contributed by atoms with E-state index in [9.17, 15) is 9.59 Å². The molecule has 0 unspecified atom stereocenters. The second-order valence-corrected chi connectivity index (χ2v) is 7.55. The second kappa shape index (κ2) is 7.66. The molecular weight excluding hydrogens is 296 g/mol. The number of carbonyl (C=O) groups is 2. The van der Waals surface area contributed by atoms with Gasteiger partial charge >= 0.3 is 5.97 Å². The Kier molecular flexibility index (Phi) is 6.51. The van der Waals surface area contributed by atoms with Crippen molar-refractivity contribution in [3.63, 3.8) is 0 Å². The molecule has 4 N–H and O–H groups in total. The Hall–Kier alpha value is -1.05. The van der Waals surface area contributed by atoms with E-state index in [0.717, 1.165) is 6.42 Å². The average Bonchev–Trinajstić information content (AvgIpc) is 2.88. The Morgan fingerprint density at radius 3 is 2.80 bits per heavy atom. The number of carboxylic acid groups (broad SMARTS) is 1. The van der Waals surface area contributed by atoms with Crippen LogP contribution in [0.15, 0.2) is 17.5 Å². The molecule has 1 aromatic heterocycles. The summed E-state index contributed by atoms with van der Waals surface area (Å²) >= 11 is 2.92. The van der Waals surface area contributed by atoms with E-state index in [1.807, 2.05) is 17.5 Å². The van der Waals surface area contributed by atoms with Crippen LogP contribution in [0.5, 0.6) is 0 Å². The molecule has 0 spiro atoms. The highest BCUT2D eigenvalue weighted by atomic mass is 32.2. The van der Waals surface area contributed by atoms with Gasteiger partial charge in [-0.05, 0) is 31.7 Å². The van der Waals surface area contributed by atoms with Crippen molar-refractivity contribution in [2.45, 2.75) is 31.1 Å². The maximum atomic E-state index is 11.7. The number of thiophene rings is 1. The predicted octanol–water partition coefficient (Wildman–Crippen LogP) is 1.33. The summed E-state index contributed by atoms with van der Waals surface area (Å²) in [6.07, 6.45) is 0.812. The zero-order valence-electron chi connectivity index (χ0n) is 11.6. The highest BCUT2D eigenvalue weighted by Crippen LogP contribution is 2.27. The van der Waals surface area contributed by atoms with Gasteiger partial charge in [-0.1, -0.05) is 6.07 Å². The molecule has 5 nitrogen and oxygen atoms in total. The van der Waals surface area contributed by atoms with Gasteiger partial charge in [0.2, 0.25) is 5.91 Å². The highest BCUT2D eigenvalue weighted by Gasteiger charge is 2.33. The molecule has 0 aliphatic rings. The molecule has 20 heavy (non-hydrogen) atoms. The van der Waals surface area contributed by atoms with E-state index in [4.69, 9.17) is 10.8 Å². The van der Waals surface area contributed by atoms with E-state index in [2.05, 4.69) is 5.32 Å². The molecule has 0 saturated carbocycles. The van der Waals surface area contributed by atoms with Crippen LogP contribution >= 0.6 is 23.1 Å². The molecule has 0 fully saturated rings. The molecule has 7 heteroatoms. The van der Waals surface area contributed by atoms with Crippen LogP contribution in [-0.4, -0.2) is 40.1 Å². The van der Waals surface area contributed by atoms with Gasteiger partial charge in [-0.15, -0.1) is 23.1 Å². The number of aliphatic carboxylic acids is 1. The van der Waals surface area contributed by atoms with Crippen LogP contribution in [0.25, 0.3) is 0 Å². The zero-order chi connectivity index (χ0) is 15.2. The van der Waals surface area contributed by atoms with Gasteiger partial charge in [0.1, 0.15) is 6.04 Å². The van der Waals surface area contributed by atoms with E-state index in [1.165, 1.54) is 16.6 Å². The van der Waals surface area contributed by atoms with Crippen molar-refractivity contribution in [1.29, 1.82) is 0 Å². The number of nitrogens with two attached hydrogens (primary N) is 1. The number of hydrogen-bond acceptors (Lipinski definition) is 5. The fraction of sp³-hybridized carbons (Fsp3) is 0.538. The third-order valence-corrected chi connectivity index (χ3v) is 5.20. The van der Waals surface area contributed by atoms with Crippen molar-refractivity contribution in [2.24, 2.45) is 5.73 Å². The number of carbonyl (C=O) groups excluding carboxylic acids is 1. The fourth-order valence-electron chi connectivity index (χ4n) is 1.47. The molecule has 0 aliphatic heterocycles. The molecule has 112 valence electrons. The molecule has 1 rings (SSSR count). The average molecular weight is 316 g/mol. The van der Waals surface area contributed by atoms with Crippen LogP contribution in [0.2, 0.25) is 0 Å². The lowest BCUT2D eigenvalue weighted by Crippen LogP contribution is -2.47. The molecule has 0 bridgehead atoms. The molecule has 0 radical (unpaired) electrons. The van der Waals surface area contributed by atoms with Crippen molar-refractivity contribution in [2.75, 3.05) is 12.3 Å². The summed E-state index contributed by atoms with van der Waals surface area (Å²) in [5.74, 6) is -0.948. The third kappa shape index (κ3) is 5.52. The van der Waals surface area contributed by atoms with Gasteiger partial charge < -0.3 is 16.2 Å². The van der Waals surface area contributed by atoms with Gasteiger partial charge in [-0.2, -0.15) is 0 Å². The molecule has 1 atom stereocenters. The van der Waals surface area contributed by atoms with Gasteiger partial charge in [0, 0.05) is 16.2 Å². The Balaban J connectivity index is 2.27. The maximum Gasteiger partial charge on any atom is 0.321 e. The van der Waals surface area contributed by atoms with Gasteiger partial charge in [0.15, 0.2) is 0 Å². The second-order valence-electron chi connectivity index (χ2n) is 4.89. The van der Waals surface area contributed by atoms with Crippen molar-refractivity contribution in [3.05, 3.63) is 22.4 Å². The Morgan fingerprint density at radius 1 is 1.55 bits per heavy atom. The van der Waals surface area contributed by atoms with Crippen LogP contribution in [0.3, 0.4) is 0 Å². The maximum absolute atomic E-state index is 11.7. The third-order valence-electron chi connectivity index (χ3n) is 2.86. The topological polar surface area (TPSA) is 92.4 Å². The summed E-state index contributed by atoms with van der Waals surface area (Å²) in [5, 5.41) is 13.7. The molecule has 0 saturated heterocycles. The van der Waals surface area contributed by atoms with E-state index in [-0.39, 0.29) is 11.7 Å². The standard InChI is InChI=1S/C13H20N2O3S2/c1-13(2,11(14)12(17)18)20-8-10(16)15-6-5-9-4-3-7-19-9/h3-4,7,11H,5-6,8,14H2,1-2H3,(H,15,16)(H,17,18)/t11-/m1/s1. The van der Waals surface area contributed by atoms with E-state index < -0.39 is 16.8 Å². The summed E-state index contributed by atoms with van der Waals surface area (Å²) in [6, 6.07) is 3.01. The van der Waals surface area contributed by atoms with Crippen molar-refractivity contribution in [3.8, 4) is 0 Å². The molecule has 0 aliphatic carbocycles. The van der Waals surface area contributed by atoms with Crippen LogP contribution in [0.4, 0.5) is 0 Å². The summed E-state index contributed by atoms with van der Waals surface area (Å²) in [5.41, 5.74) is 5.59. The number of amides is 1. The Morgan fingerprint density at radius 2 is 2.25 bits per heavy atom. The van der Waals surface area contributed by atoms with Crippen LogP contribution < -0.4 is 11.1 Å². The molecule has 1 heterocycles. The van der Waals surface area contributed by atoms with Gasteiger partial charge in [-0.25, -0.2) is 0 Å². The first-order valence-electron chi connectivity index (χ1n) is 6.24. The lowest BCUT2D eigenvalue weighted by atomic mass is 10.1. The normalized spacial score (nSPS) is 12.9. The van der Waals surface area contributed by atoms with Gasteiger partial charge in [-0.3, -0.25) is 9.59 Å². The smallest absolute Gasteiger partial charge is 0.321 e. The summed E-state index contributed by atoms with van der Waals surface area (Å²) < 4.78 is -0.684. The highest BCUT2D eigenvalue weighted by molar-refractivity contribution is 8.01. The lowest BCUT2D eigenvalue weighted by molar-refractivity contribution is -0.139. The minimum absolute atomic E-state index is 0.0998. The SMILES string of the molecule is CC(C)(SCC(=O)NCCc1cccs1)[C@H](N)C(=O)O. The van der Waals surface area contributed by atoms with E-state index >= 15 is 0 Å². The number of thioether (sulfide) groups is 1. The minimum atomic E-state index is -1.05. The first-order valence-corrected chi connectivity index (χ1v) is 8.11. The molecular formula is C13H20N2O3S2. The Bertz CT molecular complexity index is 446. The number of rotatable bonds is 8. The molecule has 1 aromatic rings. The van der Waals surface area contributed by atoms with Gasteiger partial charge in [0.05, 0.1) is 5.75 Å². The number of carboxylic acids is 1. The van der Waals surface area contributed by atoms with E-state index in [1.54, 1.807) is 25.2 Å². The minimum Gasteiger partial charge on any atom is -0.480 e. The van der Waals surface area contributed by atoms with Crippen molar-refractivity contribution in [1.82, 2.24) is 5.32 Å². The van der Waals surface area contributed by atoms with Crippen LogP contribution in [-0.2, 0) is 16.0 Å². The van der Waals surface area contributed by atoms with Crippen LogP contribution in [0, 0.1) is 0 Å². The first-order chi connectivity index (χ1) is 9.33. The van der Waals surface area contributed by atoms with Crippen molar-refractivity contribution >= 4 is 35.0 Å². The number of hydrogen-bond donors (Lipinski definition) is 3. The monoisotopic (exact) mass is 316 g/mol. The first kappa shape index (κ1) is 17.0. The Labute approximate surface area is 126 Å². The zero-order valence-corrected chi connectivity index (χ0v) is 13.2. The lowest BCUT2D eigenvalue weighted by Gasteiger charge is -2.27.